The van der Waals surface area contributed by atoms with Crippen molar-refractivity contribution in [2.45, 2.75) is 19.4 Å². The van der Waals surface area contributed by atoms with Gasteiger partial charge in [0.05, 0.1) is 18.4 Å². The predicted octanol–water partition coefficient (Wildman–Crippen LogP) is 2.87. The fourth-order valence-corrected chi connectivity index (χ4v) is 3.13. The number of carbonyl (C=O) groups is 3. The van der Waals surface area contributed by atoms with Gasteiger partial charge in [0.25, 0.3) is 5.91 Å². The Balaban J connectivity index is 1.87. The molecule has 2 aromatic rings. The molecule has 2 aromatic carbocycles. The van der Waals surface area contributed by atoms with E-state index in [0.29, 0.717) is 24.2 Å². The minimum Gasteiger partial charge on any atom is -0.465 e. The van der Waals surface area contributed by atoms with Gasteiger partial charge >= 0.3 is 12.0 Å². The van der Waals surface area contributed by atoms with E-state index < -0.39 is 12.0 Å². The third-order valence-electron chi connectivity index (χ3n) is 4.48. The number of urea groups is 1. The van der Waals surface area contributed by atoms with Crippen LogP contribution in [-0.4, -0.2) is 42.5 Å². The maximum Gasteiger partial charge on any atom is 0.337 e. The lowest BCUT2D eigenvalue weighted by Crippen LogP contribution is -2.36. The van der Waals surface area contributed by atoms with Gasteiger partial charge in [-0.05, 0) is 36.8 Å². The topological polar surface area (TPSA) is 66.9 Å². The number of ether oxygens (including phenoxy) is 1. The zero-order chi connectivity index (χ0) is 18.7. The molecule has 1 fully saturated rings. The molecule has 0 N–H and O–H groups in total. The summed E-state index contributed by atoms with van der Waals surface area (Å²) in [6.45, 7) is 2.30. The molecular formula is C20H20N2O4. The zero-order valence-corrected chi connectivity index (χ0v) is 14.7. The highest BCUT2D eigenvalue weighted by Crippen LogP contribution is 2.27. The second-order valence-corrected chi connectivity index (χ2v) is 5.99. The molecule has 0 bridgehead atoms. The van der Waals surface area contributed by atoms with Gasteiger partial charge in [0.15, 0.2) is 0 Å². The highest BCUT2D eigenvalue weighted by Gasteiger charge is 2.44. The smallest absolute Gasteiger partial charge is 0.337 e. The standard InChI is InChI=1S/C20H20N2O4/c1-3-21-17(13-14-7-5-4-6-8-14)18(23)22(20(21)25)16-11-9-15(10-12-16)19(24)26-2/h4-12,17H,3,13H2,1-2H3. The van der Waals surface area contributed by atoms with Crippen molar-refractivity contribution in [1.29, 1.82) is 0 Å². The summed E-state index contributed by atoms with van der Waals surface area (Å²) in [6, 6.07) is 15.0. The number of nitrogens with zero attached hydrogens (tertiary/aromatic N) is 2. The second-order valence-electron chi connectivity index (χ2n) is 5.99. The number of hydrogen-bond acceptors (Lipinski definition) is 4. The SMILES string of the molecule is CCN1C(=O)N(c2ccc(C(=O)OC)cc2)C(=O)C1Cc1ccccc1. The van der Waals surface area contributed by atoms with Crippen molar-refractivity contribution in [1.82, 2.24) is 4.90 Å². The lowest BCUT2D eigenvalue weighted by Gasteiger charge is -2.19. The van der Waals surface area contributed by atoms with Crippen LogP contribution in [-0.2, 0) is 16.0 Å². The fraction of sp³-hybridized carbons (Fsp3) is 0.250. The number of esters is 1. The van der Waals surface area contributed by atoms with Crippen molar-refractivity contribution in [3.8, 4) is 0 Å². The molecule has 1 unspecified atom stereocenters. The van der Waals surface area contributed by atoms with Crippen LogP contribution in [0.3, 0.4) is 0 Å². The molecule has 3 rings (SSSR count). The number of methoxy groups -OCH3 is 1. The molecule has 0 aromatic heterocycles. The number of anilines is 1. The van der Waals surface area contributed by atoms with E-state index in [1.54, 1.807) is 29.2 Å². The summed E-state index contributed by atoms with van der Waals surface area (Å²) in [6.07, 6.45) is 0.468. The number of hydrogen-bond donors (Lipinski definition) is 0. The number of rotatable bonds is 5. The molecule has 0 spiro atoms. The molecular weight excluding hydrogens is 332 g/mol. The lowest BCUT2D eigenvalue weighted by atomic mass is 10.0. The number of amides is 3. The van der Waals surface area contributed by atoms with Gasteiger partial charge in [-0.3, -0.25) is 4.79 Å². The molecule has 26 heavy (non-hydrogen) atoms. The third-order valence-corrected chi connectivity index (χ3v) is 4.48. The van der Waals surface area contributed by atoms with Crippen molar-refractivity contribution in [3.05, 3.63) is 65.7 Å². The maximum absolute atomic E-state index is 12.9. The van der Waals surface area contributed by atoms with Gasteiger partial charge in [-0.25, -0.2) is 14.5 Å². The van der Waals surface area contributed by atoms with Crippen molar-refractivity contribution in [3.63, 3.8) is 0 Å². The molecule has 1 saturated heterocycles. The van der Waals surface area contributed by atoms with Crippen LogP contribution in [0.4, 0.5) is 10.5 Å². The normalized spacial score (nSPS) is 16.9. The highest BCUT2D eigenvalue weighted by atomic mass is 16.5. The van der Waals surface area contributed by atoms with Gasteiger partial charge < -0.3 is 9.64 Å². The molecule has 0 aliphatic carbocycles. The second kappa shape index (κ2) is 7.39. The molecule has 0 radical (unpaired) electrons. The van der Waals surface area contributed by atoms with E-state index in [1.807, 2.05) is 37.3 Å². The molecule has 6 heteroatoms. The molecule has 0 saturated carbocycles. The van der Waals surface area contributed by atoms with Gasteiger partial charge in [-0.15, -0.1) is 0 Å². The van der Waals surface area contributed by atoms with Crippen LogP contribution in [0.1, 0.15) is 22.8 Å². The summed E-state index contributed by atoms with van der Waals surface area (Å²) in [4.78, 5) is 40.0. The van der Waals surface area contributed by atoms with Gasteiger partial charge in [0, 0.05) is 13.0 Å². The van der Waals surface area contributed by atoms with E-state index in [1.165, 1.54) is 12.0 Å². The largest absolute Gasteiger partial charge is 0.465 e. The number of imide groups is 1. The van der Waals surface area contributed by atoms with E-state index in [4.69, 9.17) is 0 Å². The van der Waals surface area contributed by atoms with Gasteiger partial charge in [-0.2, -0.15) is 0 Å². The van der Waals surface area contributed by atoms with Crippen LogP contribution in [0.25, 0.3) is 0 Å². The first-order chi connectivity index (χ1) is 12.6. The Hall–Kier alpha value is -3.15. The average molecular weight is 352 g/mol. The monoisotopic (exact) mass is 352 g/mol. The third kappa shape index (κ3) is 3.18. The Labute approximate surface area is 152 Å². The van der Waals surface area contributed by atoms with Crippen LogP contribution in [0, 0.1) is 0 Å². The lowest BCUT2D eigenvalue weighted by molar-refractivity contribution is -0.119. The first kappa shape index (κ1) is 17.7. The van der Waals surface area contributed by atoms with Crippen LogP contribution in [0.2, 0.25) is 0 Å². The van der Waals surface area contributed by atoms with Crippen LogP contribution < -0.4 is 4.90 Å². The predicted molar refractivity (Wildman–Crippen MR) is 97.0 cm³/mol. The van der Waals surface area contributed by atoms with Crippen LogP contribution in [0.5, 0.6) is 0 Å². The molecule has 1 atom stereocenters. The molecule has 1 aliphatic heterocycles. The number of likely N-dealkylation sites (N-methyl/N-ethyl adjacent to an activating group) is 1. The summed E-state index contributed by atoms with van der Waals surface area (Å²) in [5.41, 5.74) is 1.81. The van der Waals surface area contributed by atoms with E-state index in [-0.39, 0.29) is 11.9 Å². The van der Waals surface area contributed by atoms with Gasteiger partial charge in [0.1, 0.15) is 6.04 Å². The van der Waals surface area contributed by atoms with Gasteiger partial charge in [0.2, 0.25) is 0 Å². The van der Waals surface area contributed by atoms with Crippen LogP contribution in [0.15, 0.2) is 54.6 Å². The minimum atomic E-state index is -0.532. The molecule has 3 amide bonds. The maximum atomic E-state index is 12.9. The summed E-state index contributed by atoms with van der Waals surface area (Å²) < 4.78 is 4.67. The van der Waals surface area contributed by atoms with E-state index >= 15 is 0 Å². The molecule has 1 aliphatic rings. The number of carbonyl (C=O) groups excluding carboxylic acids is 3. The van der Waals surface area contributed by atoms with Crippen LogP contribution >= 0.6 is 0 Å². The summed E-state index contributed by atoms with van der Waals surface area (Å²) in [5, 5.41) is 0. The van der Waals surface area contributed by atoms with Gasteiger partial charge in [-0.1, -0.05) is 30.3 Å². The quantitative estimate of drug-likeness (QED) is 0.613. The minimum absolute atomic E-state index is 0.258. The van der Waals surface area contributed by atoms with Crippen molar-refractivity contribution in [2.75, 3.05) is 18.6 Å². The van der Waals surface area contributed by atoms with Crippen molar-refractivity contribution < 1.29 is 19.1 Å². The molecule has 134 valence electrons. The average Bonchev–Trinajstić information content (AvgIpc) is 2.91. The zero-order valence-electron chi connectivity index (χ0n) is 14.7. The highest BCUT2D eigenvalue weighted by molar-refractivity contribution is 6.21. The van der Waals surface area contributed by atoms with E-state index in [2.05, 4.69) is 4.74 Å². The summed E-state index contributed by atoms with van der Waals surface area (Å²) in [5.74, 6) is -0.723. The van der Waals surface area contributed by atoms with Crippen molar-refractivity contribution in [2.24, 2.45) is 0 Å². The number of benzene rings is 2. The molecule has 6 nitrogen and oxygen atoms in total. The Morgan fingerprint density at radius 3 is 2.27 bits per heavy atom. The summed E-state index contributed by atoms with van der Waals surface area (Å²) in [7, 11) is 1.30. The first-order valence-electron chi connectivity index (χ1n) is 8.43. The first-order valence-corrected chi connectivity index (χ1v) is 8.43. The van der Waals surface area contributed by atoms with Crippen molar-refractivity contribution >= 4 is 23.6 Å². The fourth-order valence-electron chi connectivity index (χ4n) is 3.13. The summed E-state index contributed by atoms with van der Waals surface area (Å²) >= 11 is 0. The Kier molecular flexibility index (Phi) is 5.02. The Morgan fingerprint density at radius 2 is 1.69 bits per heavy atom. The van der Waals surface area contributed by atoms with E-state index in [9.17, 15) is 14.4 Å². The Bertz CT molecular complexity index is 817. The Morgan fingerprint density at radius 1 is 1.04 bits per heavy atom. The molecule has 1 heterocycles. The van der Waals surface area contributed by atoms with E-state index in [0.717, 1.165) is 5.56 Å².